The predicted molar refractivity (Wildman–Crippen MR) is 87.5 cm³/mol. The number of carbonyl (C=O) groups excluding carboxylic acids is 1. The molecular formula is C16H24N2O4S. The first-order chi connectivity index (χ1) is 10.9. The van der Waals surface area contributed by atoms with E-state index < -0.39 is 10.0 Å². The highest BCUT2D eigenvalue weighted by Gasteiger charge is 2.36. The zero-order valence-corrected chi connectivity index (χ0v) is 14.4. The van der Waals surface area contributed by atoms with Crippen molar-refractivity contribution in [1.29, 1.82) is 0 Å². The number of carbonyl (C=O) groups is 1. The molecule has 1 aromatic rings. The maximum Gasteiger partial charge on any atom is 0.240 e. The van der Waals surface area contributed by atoms with Crippen LogP contribution in [0.25, 0.3) is 0 Å². The summed E-state index contributed by atoms with van der Waals surface area (Å²) in [6.45, 7) is 5.70. The topological polar surface area (TPSA) is 75.7 Å². The third kappa shape index (κ3) is 4.31. The SMILES string of the molecule is CCC1(C)COCCN1C(=O)CCNS(=O)(=O)c1ccccc1. The molecule has 1 unspecified atom stereocenters. The van der Waals surface area contributed by atoms with Crippen molar-refractivity contribution < 1.29 is 17.9 Å². The standard InChI is InChI=1S/C16H24N2O4S/c1-3-16(2)13-22-12-11-18(16)15(19)9-10-17-23(20,21)14-7-5-4-6-8-14/h4-8,17H,3,9-13H2,1-2H3. The number of sulfonamides is 1. The van der Waals surface area contributed by atoms with Crippen molar-refractivity contribution in [3.05, 3.63) is 30.3 Å². The Balaban J connectivity index is 1.92. The van der Waals surface area contributed by atoms with Gasteiger partial charge < -0.3 is 9.64 Å². The van der Waals surface area contributed by atoms with Crippen LogP contribution in [0.1, 0.15) is 26.7 Å². The molecule has 1 amide bonds. The van der Waals surface area contributed by atoms with E-state index in [0.717, 1.165) is 6.42 Å². The van der Waals surface area contributed by atoms with Crippen LogP contribution in [-0.4, -0.2) is 51.1 Å². The molecule has 1 aromatic carbocycles. The van der Waals surface area contributed by atoms with E-state index in [0.29, 0.717) is 19.8 Å². The Bertz CT molecular complexity index is 633. The maximum absolute atomic E-state index is 12.4. The van der Waals surface area contributed by atoms with E-state index in [2.05, 4.69) is 4.72 Å². The van der Waals surface area contributed by atoms with E-state index >= 15 is 0 Å². The number of ether oxygens (including phenoxy) is 1. The maximum atomic E-state index is 12.4. The van der Waals surface area contributed by atoms with Crippen LogP contribution in [-0.2, 0) is 19.6 Å². The third-order valence-corrected chi connectivity index (χ3v) is 5.75. The minimum absolute atomic E-state index is 0.0478. The highest BCUT2D eigenvalue weighted by molar-refractivity contribution is 7.89. The van der Waals surface area contributed by atoms with E-state index in [1.807, 2.05) is 18.7 Å². The molecule has 1 saturated heterocycles. The molecule has 23 heavy (non-hydrogen) atoms. The second-order valence-electron chi connectivity index (χ2n) is 5.91. The van der Waals surface area contributed by atoms with Crippen molar-refractivity contribution in [3.63, 3.8) is 0 Å². The Labute approximate surface area is 137 Å². The van der Waals surface area contributed by atoms with Crippen molar-refractivity contribution in [2.75, 3.05) is 26.3 Å². The largest absolute Gasteiger partial charge is 0.377 e. The smallest absolute Gasteiger partial charge is 0.240 e. The highest BCUT2D eigenvalue weighted by atomic mass is 32.2. The second-order valence-corrected chi connectivity index (χ2v) is 7.68. The van der Waals surface area contributed by atoms with Crippen LogP contribution < -0.4 is 4.72 Å². The third-order valence-electron chi connectivity index (χ3n) is 4.27. The summed E-state index contributed by atoms with van der Waals surface area (Å²) in [5, 5.41) is 0. The van der Waals surface area contributed by atoms with E-state index in [-0.39, 0.29) is 29.3 Å². The van der Waals surface area contributed by atoms with Gasteiger partial charge in [0.1, 0.15) is 0 Å². The molecule has 1 heterocycles. The van der Waals surface area contributed by atoms with Gasteiger partial charge in [0.2, 0.25) is 15.9 Å². The lowest BCUT2D eigenvalue weighted by Gasteiger charge is -2.44. The van der Waals surface area contributed by atoms with Crippen molar-refractivity contribution in [3.8, 4) is 0 Å². The molecule has 1 aliphatic heterocycles. The van der Waals surface area contributed by atoms with Gasteiger partial charge in [0.15, 0.2) is 0 Å². The predicted octanol–water partition coefficient (Wildman–Crippen LogP) is 1.38. The highest BCUT2D eigenvalue weighted by Crippen LogP contribution is 2.24. The first kappa shape index (κ1) is 17.9. The van der Waals surface area contributed by atoms with Gasteiger partial charge in [-0.25, -0.2) is 13.1 Å². The Morgan fingerprint density at radius 2 is 2.04 bits per heavy atom. The fourth-order valence-corrected chi connectivity index (χ4v) is 3.68. The average molecular weight is 340 g/mol. The first-order valence-corrected chi connectivity index (χ1v) is 9.30. The summed E-state index contributed by atoms with van der Waals surface area (Å²) in [6, 6.07) is 8.15. The first-order valence-electron chi connectivity index (χ1n) is 7.82. The monoisotopic (exact) mass is 340 g/mol. The molecule has 1 atom stereocenters. The number of benzene rings is 1. The van der Waals surface area contributed by atoms with Gasteiger partial charge in [0.05, 0.1) is 23.6 Å². The molecule has 0 aliphatic carbocycles. The number of hydrogen-bond acceptors (Lipinski definition) is 4. The molecular weight excluding hydrogens is 316 g/mol. The molecule has 0 spiro atoms. The van der Waals surface area contributed by atoms with Gasteiger partial charge in [-0.3, -0.25) is 4.79 Å². The number of nitrogens with zero attached hydrogens (tertiary/aromatic N) is 1. The van der Waals surface area contributed by atoms with Gasteiger partial charge in [-0.1, -0.05) is 25.1 Å². The number of morpholine rings is 1. The van der Waals surface area contributed by atoms with Gasteiger partial charge in [-0.15, -0.1) is 0 Å². The molecule has 0 aromatic heterocycles. The van der Waals surface area contributed by atoms with Crippen molar-refractivity contribution in [2.24, 2.45) is 0 Å². The Morgan fingerprint density at radius 3 is 2.70 bits per heavy atom. The minimum atomic E-state index is -3.57. The Kier molecular flexibility index (Phi) is 5.78. The zero-order valence-electron chi connectivity index (χ0n) is 13.6. The summed E-state index contributed by atoms with van der Waals surface area (Å²) >= 11 is 0. The number of amides is 1. The van der Waals surface area contributed by atoms with Crippen LogP contribution in [0.3, 0.4) is 0 Å². The molecule has 1 aliphatic rings. The van der Waals surface area contributed by atoms with Gasteiger partial charge in [0.25, 0.3) is 0 Å². The summed E-state index contributed by atoms with van der Waals surface area (Å²) < 4.78 is 32.2. The molecule has 128 valence electrons. The van der Waals surface area contributed by atoms with Crippen LogP contribution in [0, 0.1) is 0 Å². The summed E-state index contributed by atoms with van der Waals surface area (Å²) in [7, 11) is -3.57. The van der Waals surface area contributed by atoms with Gasteiger partial charge in [-0.2, -0.15) is 0 Å². The molecule has 0 radical (unpaired) electrons. The van der Waals surface area contributed by atoms with E-state index in [4.69, 9.17) is 4.74 Å². The molecule has 1 fully saturated rings. The Hall–Kier alpha value is -1.44. The van der Waals surface area contributed by atoms with E-state index in [1.54, 1.807) is 18.2 Å². The Morgan fingerprint density at radius 1 is 1.35 bits per heavy atom. The lowest BCUT2D eigenvalue weighted by Crippen LogP contribution is -2.57. The normalized spacial score (nSPS) is 22.1. The molecule has 7 heteroatoms. The van der Waals surface area contributed by atoms with Crippen molar-refractivity contribution in [1.82, 2.24) is 9.62 Å². The van der Waals surface area contributed by atoms with Crippen molar-refractivity contribution in [2.45, 2.75) is 37.1 Å². The molecule has 0 saturated carbocycles. The second kappa shape index (κ2) is 7.42. The minimum Gasteiger partial charge on any atom is -0.377 e. The van der Waals surface area contributed by atoms with Gasteiger partial charge in [0, 0.05) is 19.5 Å². The number of hydrogen-bond donors (Lipinski definition) is 1. The van der Waals surface area contributed by atoms with Crippen LogP contribution in [0.5, 0.6) is 0 Å². The summed E-state index contributed by atoms with van der Waals surface area (Å²) in [5.41, 5.74) is -0.312. The number of nitrogens with one attached hydrogen (secondary N) is 1. The summed E-state index contributed by atoms with van der Waals surface area (Å²) in [4.78, 5) is 14.4. The lowest BCUT2D eigenvalue weighted by atomic mass is 9.95. The van der Waals surface area contributed by atoms with Gasteiger partial charge in [-0.05, 0) is 25.5 Å². The quantitative estimate of drug-likeness (QED) is 0.849. The van der Waals surface area contributed by atoms with E-state index in [9.17, 15) is 13.2 Å². The summed E-state index contributed by atoms with van der Waals surface area (Å²) in [6.07, 6.45) is 0.941. The van der Waals surface area contributed by atoms with Crippen molar-refractivity contribution >= 4 is 15.9 Å². The molecule has 1 N–H and O–H groups in total. The summed E-state index contributed by atoms with van der Waals surface area (Å²) in [5.74, 6) is -0.0478. The average Bonchev–Trinajstić information content (AvgIpc) is 2.56. The van der Waals surface area contributed by atoms with Crippen LogP contribution in [0.4, 0.5) is 0 Å². The molecule has 0 bridgehead atoms. The fraction of sp³-hybridized carbons (Fsp3) is 0.562. The van der Waals surface area contributed by atoms with E-state index in [1.165, 1.54) is 12.1 Å². The lowest BCUT2D eigenvalue weighted by molar-refractivity contribution is -0.148. The fourth-order valence-electron chi connectivity index (χ4n) is 2.62. The zero-order chi connectivity index (χ0) is 16.9. The van der Waals surface area contributed by atoms with Gasteiger partial charge >= 0.3 is 0 Å². The van der Waals surface area contributed by atoms with Crippen LogP contribution in [0.15, 0.2) is 35.2 Å². The van der Waals surface area contributed by atoms with Crippen LogP contribution >= 0.6 is 0 Å². The molecule has 6 nitrogen and oxygen atoms in total. The number of rotatable bonds is 6. The molecule has 2 rings (SSSR count). The van der Waals surface area contributed by atoms with Crippen LogP contribution in [0.2, 0.25) is 0 Å².